The summed E-state index contributed by atoms with van der Waals surface area (Å²) in [5, 5.41) is 11.5. The van der Waals surface area contributed by atoms with E-state index in [-0.39, 0.29) is 0 Å². The first-order valence-electron chi connectivity index (χ1n) is 7.52. The fraction of sp³-hybridized carbons (Fsp3) is 0.714. The van der Waals surface area contributed by atoms with E-state index in [9.17, 15) is 37.5 Å². The molecule has 13 heteroatoms. The van der Waals surface area contributed by atoms with Crippen molar-refractivity contribution in [3.05, 3.63) is 0 Å². The second-order valence-corrected chi connectivity index (χ2v) is 5.51. The van der Waals surface area contributed by atoms with Gasteiger partial charge >= 0.3 is 30.0 Å². The van der Waals surface area contributed by atoms with Crippen molar-refractivity contribution in [1.82, 2.24) is 5.32 Å². The summed E-state index contributed by atoms with van der Waals surface area (Å²) < 4.78 is 57.2. The second kappa shape index (κ2) is 8.99. The molecule has 5 atom stereocenters. The van der Waals surface area contributed by atoms with Crippen LogP contribution >= 0.6 is 0 Å². The summed E-state index contributed by atoms with van der Waals surface area (Å²) in [7, 11) is 0. The number of esters is 3. The third kappa shape index (κ3) is 6.67. The summed E-state index contributed by atoms with van der Waals surface area (Å²) in [5.74, 6) is -5.19. The molecule has 1 heterocycles. The molecule has 10 nitrogen and oxygen atoms in total. The van der Waals surface area contributed by atoms with Gasteiger partial charge in [-0.1, -0.05) is 0 Å². The van der Waals surface area contributed by atoms with Gasteiger partial charge in [-0.25, -0.2) is 0 Å². The molecule has 1 amide bonds. The molecular formula is C14H18F3NO9. The van der Waals surface area contributed by atoms with Crippen LogP contribution in [0.2, 0.25) is 0 Å². The van der Waals surface area contributed by atoms with E-state index in [0.717, 1.165) is 20.8 Å². The Kier molecular flexibility index (Phi) is 7.54. The number of nitrogens with one attached hydrogen (secondary N) is 1. The van der Waals surface area contributed by atoms with Crippen LogP contribution < -0.4 is 5.32 Å². The first-order chi connectivity index (χ1) is 12.3. The van der Waals surface area contributed by atoms with Gasteiger partial charge in [0.1, 0.15) is 18.8 Å². The van der Waals surface area contributed by atoms with Crippen LogP contribution in [-0.4, -0.2) is 72.3 Å². The molecule has 0 aromatic carbocycles. The number of rotatable bonds is 5. The molecule has 2 N–H and O–H groups in total. The summed E-state index contributed by atoms with van der Waals surface area (Å²) >= 11 is 0. The monoisotopic (exact) mass is 401 g/mol. The van der Waals surface area contributed by atoms with Crippen molar-refractivity contribution >= 4 is 23.8 Å². The minimum Gasteiger partial charge on any atom is -0.463 e. The predicted octanol–water partition coefficient (Wildman–Crippen LogP) is -0.823. The maximum atomic E-state index is 12.6. The van der Waals surface area contributed by atoms with E-state index in [4.69, 9.17) is 14.2 Å². The van der Waals surface area contributed by atoms with E-state index >= 15 is 0 Å². The zero-order valence-electron chi connectivity index (χ0n) is 14.4. The number of ether oxygens (including phenoxy) is 4. The standard InChI is InChI=1S/C14H18F3NO9/c1-5(19)24-4-8-10(25-6(2)20)9(18-13(23)14(15,16)17)11(12(22)27-8)26-7(3)21/h8-12,22H,4H2,1-3H3,(H,18,23)/t8-,9-,10-,11-,12+/m1/s1. The first kappa shape index (κ1) is 22.6. The van der Waals surface area contributed by atoms with Crippen molar-refractivity contribution in [2.75, 3.05) is 6.61 Å². The lowest BCUT2D eigenvalue weighted by molar-refractivity contribution is -0.272. The molecule has 0 bridgehead atoms. The van der Waals surface area contributed by atoms with E-state index in [1.807, 2.05) is 0 Å². The Morgan fingerprint density at radius 2 is 1.52 bits per heavy atom. The van der Waals surface area contributed by atoms with Crippen LogP contribution in [0, 0.1) is 0 Å². The number of carbonyl (C=O) groups is 4. The van der Waals surface area contributed by atoms with Crippen molar-refractivity contribution in [3.8, 4) is 0 Å². The van der Waals surface area contributed by atoms with Gasteiger partial charge < -0.3 is 29.4 Å². The smallest absolute Gasteiger partial charge is 0.463 e. The van der Waals surface area contributed by atoms with Gasteiger partial charge in [-0.15, -0.1) is 0 Å². The van der Waals surface area contributed by atoms with Crippen LogP contribution in [0.25, 0.3) is 0 Å². The summed E-state index contributed by atoms with van der Waals surface area (Å²) in [4.78, 5) is 44.9. The van der Waals surface area contributed by atoms with Crippen molar-refractivity contribution in [1.29, 1.82) is 0 Å². The molecular weight excluding hydrogens is 383 g/mol. The van der Waals surface area contributed by atoms with Gasteiger partial charge in [0, 0.05) is 20.8 Å². The number of hydrogen-bond acceptors (Lipinski definition) is 9. The van der Waals surface area contributed by atoms with Crippen LogP contribution in [0.3, 0.4) is 0 Å². The van der Waals surface area contributed by atoms with Crippen LogP contribution in [0.15, 0.2) is 0 Å². The Hall–Kier alpha value is -2.41. The zero-order valence-corrected chi connectivity index (χ0v) is 14.4. The largest absolute Gasteiger partial charge is 0.471 e. The Labute approximate surface area is 150 Å². The molecule has 27 heavy (non-hydrogen) atoms. The number of hydrogen-bond donors (Lipinski definition) is 2. The van der Waals surface area contributed by atoms with E-state index < -0.39 is 67.2 Å². The Balaban J connectivity index is 3.23. The van der Waals surface area contributed by atoms with Gasteiger partial charge in [0.05, 0.1) is 0 Å². The van der Waals surface area contributed by atoms with Crippen molar-refractivity contribution in [2.24, 2.45) is 0 Å². The SMILES string of the molecule is CC(=O)OC[C@H]1O[C@H](O)[C@H](OC(C)=O)[C@H](NC(=O)C(F)(F)F)[C@@H]1OC(C)=O. The minimum absolute atomic E-state index is 0.616. The van der Waals surface area contributed by atoms with E-state index in [2.05, 4.69) is 4.74 Å². The fourth-order valence-corrected chi connectivity index (χ4v) is 2.32. The summed E-state index contributed by atoms with van der Waals surface area (Å²) in [5.41, 5.74) is 0. The lowest BCUT2D eigenvalue weighted by Crippen LogP contribution is -2.67. The molecule has 0 radical (unpaired) electrons. The predicted molar refractivity (Wildman–Crippen MR) is 76.6 cm³/mol. The average molecular weight is 401 g/mol. The molecule has 1 aliphatic heterocycles. The summed E-state index contributed by atoms with van der Waals surface area (Å²) in [6, 6.07) is -1.84. The minimum atomic E-state index is -5.31. The van der Waals surface area contributed by atoms with Crippen molar-refractivity contribution in [2.45, 2.75) is 57.6 Å². The third-order valence-corrected chi connectivity index (χ3v) is 3.28. The zero-order chi connectivity index (χ0) is 20.9. The number of carbonyl (C=O) groups excluding carboxylic acids is 4. The number of alkyl halides is 3. The molecule has 0 aromatic rings. The molecule has 0 spiro atoms. The first-order valence-corrected chi connectivity index (χ1v) is 7.52. The molecule has 0 aromatic heterocycles. The number of aliphatic hydroxyl groups is 1. The van der Waals surface area contributed by atoms with Gasteiger partial charge in [0.2, 0.25) is 0 Å². The molecule has 1 rings (SSSR count). The van der Waals surface area contributed by atoms with E-state index in [0.29, 0.717) is 0 Å². The quantitative estimate of drug-likeness (QED) is 0.447. The molecule has 1 fully saturated rings. The van der Waals surface area contributed by atoms with Crippen LogP contribution in [-0.2, 0) is 38.1 Å². The van der Waals surface area contributed by atoms with Gasteiger partial charge in [-0.05, 0) is 0 Å². The lowest BCUT2D eigenvalue weighted by atomic mass is 9.95. The highest BCUT2D eigenvalue weighted by Gasteiger charge is 2.52. The lowest BCUT2D eigenvalue weighted by Gasteiger charge is -2.43. The summed E-state index contributed by atoms with van der Waals surface area (Å²) in [6.07, 6.45) is -12.2. The van der Waals surface area contributed by atoms with E-state index in [1.54, 1.807) is 0 Å². The van der Waals surface area contributed by atoms with E-state index in [1.165, 1.54) is 5.32 Å². The van der Waals surface area contributed by atoms with Crippen molar-refractivity contribution in [3.63, 3.8) is 0 Å². The molecule has 0 unspecified atom stereocenters. The van der Waals surface area contributed by atoms with Crippen LogP contribution in [0.1, 0.15) is 20.8 Å². The average Bonchev–Trinajstić information content (AvgIpc) is 2.49. The van der Waals surface area contributed by atoms with Gasteiger partial charge in [-0.2, -0.15) is 13.2 Å². The molecule has 0 aliphatic carbocycles. The van der Waals surface area contributed by atoms with Gasteiger partial charge in [-0.3, -0.25) is 19.2 Å². The maximum absolute atomic E-state index is 12.6. The van der Waals surface area contributed by atoms with Gasteiger partial charge in [0.15, 0.2) is 18.5 Å². The van der Waals surface area contributed by atoms with Crippen molar-refractivity contribution < 1.29 is 56.4 Å². The fourth-order valence-electron chi connectivity index (χ4n) is 2.32. The highest BCUT2D eigenvalue weighted by molar-refractivity contribution is 5.82. The number of aliphatic hydroxyl groups excluding tert-OH is 1. The highest BCUT2D eigenvalue weighted by atomic mass is 19.4. The number of amides is 1. The molecule has 1 aliphatic rings. The van der Waals surface area contributed by atoms with Gasteiger partial charge in [0.25, 0.3) is 0 Å². The number of halogens is 3. The Bertz CT molecular complexity index is 595. The molecule has 1 saturated heterocycles. The normalized spacial score (nSPS) is 28.0. The highest BCUT2D eigenvalue weighted by Crippen LogP contribution is 2.27. The van der Waals surface area contributed by atoms with Crippen LogP contribution in [0.4, 0.5) is 13.2 Å². The maximum Gasteiger partial charge on any atom is 0.471 e. The van der Waals surface area contributed by atoms with Crippen LogP contribution in [0.5, 0.6) is 0 Å². The summed E-state index contributed by atoms with van der Waals surface area (Å²) in [6.45, 7) is 2.25. The topological polar surface area (TPSA) is 137 Å². The molecule has 0 saturated carbocycles. The Morgan fingerprint density at radius 3 is 1.96 bits per heavy atom. The molecule has 154 valence electrons. The third-order valence-electron chi connectivity index (χ3n) is 3.28. The Morgan fingerprint density at radius 1 is 1.00 bits per heavy atom. The second-order valence-electron chi connectivity index (χ2n) is 5.51.